The summed E-state index contributed by atoms with van der Waals surface area (Å²) in [5.74, 6) is 0. The summed E-state index contributed by atoms with van der Waals surface area (Å²) in [7, 11) is 0. The van der Waals surface area contributed by atoms with Crippen molar-refractivity contribution in [2.75, 3.05) is 18.1 Å². The molecular weight excluding hydrogens is 214 g/mol. The van der Waals surface area contributed by atoms with Crippen LogP contribution in [0.15, 0.2) is 35.3 Å². The van der Waals surface area contributed by atoms with Crippen molar-refractivity contribution in [3.8, 4) is 0 Å². The Bertz CT molecular complexity index is 389. The molecule has 0 saturated heterocycles. The summed E-state index contributed by atoms with van der Waals surface area (Å²) in [5, 5.41) is 0. The van der Waals surface area contributed by atoms with Gasteiger partial charge in [0.25, 0.3) is 6.02 Å². The first-order valence-electron chi connectivity index (χ1n) is 5.94. The lowest BCUT2D eigenvalue weighted by Crippen LogP contribution is -2.37. The predicted octanol–water partition coefficient (Wildman–Crippen LogP) is 1.61. The van der Waals surface area contributed by atoms with E-state index in [1.54, 1.807) is 0 Å². The molecule has 0 fully saturated rings. The van der Waals surface area contributed by atoms with E-state index >= 15 is 0 Å². The Morgan fingerprint density at radius 3 is 2.65 bits per heavy atom. The van der Waals surface area contributed by atoms with Crippen LogP contribution in [-0.4, -0.2) is 31.3 Å². The SMILES string of the molecule is CC(C)N(C[C@H]1COC(N)=N1)c1ccccc1. The lowest BCUT2D eigenvalue weighted by atomic mass is 10.2. The number of benzene rings is 1. The highest BCUT2D eigenvalue weighted by Crippen LogP contribution is 2.18. The first-order valence-corrected chi connectivity index (χ1v) is 5.94. The van der Waals surface area contributed by atoms with Crippen molar-refractivity contribution >= 4 is 11.7 Å². The van der Waals surface area contributed by atoms with E-state index in [4.69, 9.17) is 10.5 Å². The van der Waals surface area contributed by atoms with Crippen LogP contribution in [0.1, 0.15) is 13.8 Å². The molecule has 1 atom stereocenters. The molecule has 0 spiro atoms. The number of nitrogens with zero attached hydrogens (tertiary/aromatic N) is 2. The van der Waals surface area contributed by atoms with Gasteiger partial charge in [0.15, 0.2) is 0 Å². The molecule has 92 valence electrons. The highest BCUT2D eigenvalue weighted by atomic mass is 16.5. The number of ether oxygens (including phenoxy) is 1. The third kappa shape index (κ3) is 2.90. The number of amidine groups is 1. The van der Waals surface area contributed by atoms with Crippen molar-refractivity contribution < 1.29 is 4.74 Å². The smallest absolute Gasteiger partial charge is 0.282 e. The van der Waals surface area contributed by atoms with Gasteiger partial charge in [0.1, 0.15) is 12.6 Å². The Labute approximate surface area is 102 Å². The van der Waals surface area contributed by atoms with Crippen molar-refractivity contribution in [2.45, 2.75) is 25.9 Å². The van der Waals surface area contributed by atoms with Crippen LogP contribution in [0.3, 0.4) is 0 Å². The molecule has 2 rings (SSSR count). The molecule has 0 saturated carbocycles. The van der Waals surface area contributed by atoms with Gasteiger partial charge < -0.3 is 15.4 Å². The second-order valence-electron chi connectivity index (χ2n) is 4.51. The maximum atomic E-state index is 5.52. The summed E-state index contributed by atoms with van der Waals surface area (Å²) in [6.07, 6.45) is 0. The molecule has 0 aromatic heterocycles. The molecule has 0 amide bonds. The molecule has 0 radical (unpaired) electrons. The zero-order chi connectivity index (χ0) is 12.3. The van der Waals surface area contributed by atoms with Gasteiger partial charge in [-0.1, -0.05) is 18.2 Å². The summed E-state index contributed by atoms with van der Waals surface area (Å²) in [6, 6.07) is 11.2. The minimum absolute atomic E-state index is 0.137. The largest absolute Gasteiger partial charge is 0.463 e. The van der Waals surface area contributed by atoms with Crippen LogP contribution in [0.2, 0.25) is 0 Å². The Morgan fingerprint density at radius 2 is 2.12 bits per heavy atom. The lowest BCUT2D eigenvalue weighted by Gasteiger charge is -2.30. The molecule has 0 unspecified atom stereocenters. The number of anilines is 1. The number of para-hydroxylation sites is 1. The molecular formula is C13H19N3O. The molecule has 1 heterocycles. The maximum absolute atomic E-state index is 5.52. The molecule has 17 heavy (non-hydrogen) atoms. The summed E-state index contributed by atoms with van der Waals surface area (Å²) in [4.78, 5) is 6.58. The average molecular weight is 233 g/mol. The number of nitrogens with two attached hydrogens (primary N) is 1. The van der Waals surface area contributed by atoms with Crippen molar-refractivity contribution in [3.63, 3.8) is 0 Å². The normalized spacial score (nSPS) is 19.0. The standard InChI is InChI=1S/C13H19N3O/c1-10(2)16(12-6-4-3-5-7-12)8-11-9-17-13(14)15-11/h3-7,10-11H,8-9H2,1-2H3,(H2,14,15)/t11-/m0/s1. The van der Waals surface area contributed by atoms with E-state index in [9.17, 15) is 0 Å². The van der Waals surface area contributed by atoms with E-state index in [1.165, 1.54) is 5.69 Å². The van der Waals surface area contributed by atoms with Gasteiger partial charge in [-0.15, -0.1) is 0 Å². The fraction of sp³-hybridized carbons (Fsp3) is 0.462. The zero-order valence-corrected chi connectivity index (χ0v) is 10.3. The molecule has 1 aliphatic rings. The monoisotopic (exact) mass is 233 g/mol. The van der Waals surface area contributed by atoms with Crippen LogP contribution in [0.5, 0.6) is 0 Å². The van der Waals surface area contributed by atoms with Crippen LogP contribution in [0.4, 0.5) is 5.69 Å². The van der Waals surface area contributed by atoms with Crippen LogP contribution in [0.25, 0.3) is 0 Å². The Morgan fingerprint density at radius 1 is 1.41 bits per heavy atom. The molecule has 4 nitrogen and oxygen atoms in total. The van der Waals surface area contributed by atoms with Gasteiger partial charge in [-0.05, 0) is 26.0 Å². The van der Waals surface area contributed by atoms with Crippen LogP contribution in [0, 0.1) is 0 Å². The summed E-state index contributed by atoms with van der Waals surface area (Å²) < 4.78 is 5.18. The Balaban J connectivity index is 2.09. The van der Waals surface area contributed by atoms with Gasteiger partial charge in [0, 0.05) is 18.3 Å². The third-order valence-electron chi connectivity index (χ3n) is 2.85. The van der Waals surface area contributed by atoms with Crippen molar-refractivity contribution in [3.05, 3.63) is 30.3 Å². The second kappa shape index (κ2) is 5.08. The highest BCUT2D eigenvalue weighted by Gasteiger charge is 2.21. The Hall–Kier alpha value is -1.71. The average Bonchev–Trinajstić information content (AvgIpc) is 2.73. The van der Waals surface area contributed by atoms with Gasteiger partial charge in [-0.3, -0.25) is 0 Å². The number of rotatable bonds is 4. The van der Waals surface area contributed by atoms with Gasteiger partial charge >= 0.3 is 0 Å². The van der Waals surface area contributed by atoms with Crippen LogP contribution in [-0.2, 0) is 4.74 Å². The first-order chi connectivity index (χ1) is 8.16. The molecule has 1 aliphatic heterocycles. The minimum atomic E-state index is 0.137. The number of aliphatic imine (C=N–C) groups is 1. The Kier molecular flexibility index (Phi) is 3.52. The molecule has 4 heteroatoms. The minimum Gasteiger partial charge on any atom is -0.463 e. The van der Waals surface area contributed by atoms with E-state index in [2.05, 4.69) is 35.9 Å². The number of hydrogen-bond donors (Lipinski definition) is 1. The van der Waals surface area contributed by atoms with E-state index in [0.717, 1.165) is 6.54 Å². The van der Waals surface area contributed by atoms with Crippen molar-refractivity contribution in [1.82, 2.24) is 0 Å². The van der Waals surface area contributed by atoms with Crippen LogP contribution >= 0.6 is 0 Å². The highest BCUT2D eigenvalue weighted by molar-refractivity contribution is 5.73. The third-order valence-corrected chi connectivity index (χ3v) is 2.85. The van der Waals surface area contributed by atoms with E-state index in [-0.39, 0.29) is 6.04 Å². The molecule has 0 bridgehead atoms. The molecule has 0 aliphatic carbocycles. The molecule has 1 aromatic carbocycles. The lowest BCUT2D eigenvalue weighted by molar-refractivity contribution is 0.312. The van der Waals surface area contributed by atoms with Gasteiger partial charge in [0.2, 0.25) is 0 Å². The summed E-state index contributed by atoms with van der Waals surface area (Å²) in [5.41, 5.74) is 6.74. The molecule has 2 N–H and O–H groups in total. The van der Waals surface area contributed by atoms with Gasteiger partial charge in [-0.25, -0.2) is 4.99 Å². The van der Waals surface area contributed by atoms with Crippen molar-refractivity contribution in [1.29, 1.82) is 0 Å². The van der Waals surface area contributed by atoms with Gasteiger partial charge in [0.05, 0.1) is 0 Å². The topological polar surface area (TPSA) is 50.9 Å². The fourth-order valence-corrected chi connectivity index (χ4v) is 1.99. The number of hydrogen-bond acceptors (Lipinski definition) is 4. The predicted molar refractivity (Wildman–Crippen MR) is 70.3 cm³/mol. The van der Waals surface area contributed by atoms with E-state index < -0.39 is 0 Å². The summed E-state index contributed by atoms with van der Waals surface area (Å²) in [6.45, 7) is 5.77. The molecule has 1 aromatic rings. The quantitative estimate of drug-likeness (QED) is 0.859. The zero-order valence-electron chi connectivity index (χ0n) is 10.3. The van der Waals surface area contributed by atoms with Crippen molar-refractivity contribution in [2.24, 2.45) is 10.7 Å². The van der Waals surface area contributed by atoms with Crippen LogP contribution < -0.4 is 10.6 Å². The maximum Gasteiger partial charge on any atom is 0.282 e. The first kappa shape index (κ1) is 11.8. The second-order valence-corrected chi connectivity index (χ2v) is 4.51. The summed E-state index contributed by atoms with van der Waals surface area (Å²) >= 11 is 0. The van der Waals surface area contributed by atoms with E-state index in [1.807, 2.05) is 18.2 Å². The van der Waals surface area contributed by atoms with E-state index in [0.29, 0.717) is 18.7 Å². The van der Waals surface area contributed by atoms with Gasteiger partial charge in [-0.2, -0.15) is 0 Å². The fourth-order valence-electron chi connectivity index (χ4n) is 1.99.